The van der Waals surface area contributed by atoms with Gasteiger partial charge in [-0.15, -0.1) is 6.58 Å². The largest absolute Gasteiger partial charge is 0.368 e. The second-order valence-electron chi connectivity index (χ2n) is 5.63. The minimum atomic E-state index is 0.365. The zero-order valence-electron chi connectivity index (χ0n) is 12.7. The van der Waals surface area contributed by atoms with Gasteiger partial charge in [-0.05, 0) is 29.8 Å². The number of anilines is 1. The van der Waals surface area contributed by atoms with Gasteiger partial charge in [0.05, 0.1) is 6.04 Å². The van der Waals surface area contributed by atoms with Crippen LogP contribution in [-0.4, -0.2) is 31.1 Å². The summed E-state index contributed by atoms with van der Waals surface area (Å²) in [5, 5.41) is 0.787. The number of hydrogen-bond donors (Lipinski definition) is 0. The third-order valence-corrected chi connectivity index (χ3v) is 4.48. The minimum Gasteiger partial charge on any atom is -0.368 e. The lowest BCUT2D eigenvalue weighted by atomic mass is 10.0. The molecule has 0 bridgehead atoms. The van der Waals surface area contributed by atoms with Gasteiger partial charge >= 0.3 is 0 Å². The topological polar surface area (TPSA) is 6.48 Å². The quantitative estimate of drug-likeness (QED) is 0.773. The number of benzene rings is 2. The Morgan fingerprint density at radius 2 is 1.77 bits per heavy atom. The molecule has 2 nitrogen and oxygen atoms in total. The Morgan fingerprint density at radius 1 is 1.05 bits per heavy atom. The van der Waals surface area contributed by atoms with Gasteiger partial charge in [-0.3, -0.25) is 4.90 Å². The number of piperazine rings is 1. The maximum Gasteiger partial charge on any atom is 0.0527 e. The molecule has 1 aliphatic heterocycles. The summed E-state index contributed by atoms with van der Waals surface area (Å²) in [6.45, 7) is 7.88. The predicted molar refractivity (Wildman–Crippen MR) is 94.6 cm³/mol. The summed E-state index contributed by atoms with van der Waals surface area (Å²) in [5.74, 6) is 0. The third kappa shape index (κ3) is 3.34. The molecule has 0 radical (unpaired) electrons. The molecule has 0 N–H and O–H groups in total. The smallest absolute Gasteiger partial charge is 0.0527 e. The zero-order chi connectivity index (χ0) is 15.4. The van der Waals surface area contributed by atoms with Gasteiger partial charge in [-0.2, -0.15) is 0 Å². The SMILES string of the molecule is C=CCN1CCN(c2ccccc2)CC1c1ccc(Cl)cc1. The monoisotopic (exact) mass is 312 g/mol. The Labute approximate surface area is 137 Å². The van der Waals surface area contributed by atoms with Crippen molar-refractivity contribution < 1.29 is 0 Å². The molecule has 3 heteroatoms. The van der Waals surface area contributed by atoms with Crippen LogP contribution in [0.5, 0.6) is 0 Å². The lowest BCUT2D eigenvalue weighted by Gasteiger charge is -2.42. The van der Waals surface area contributed by atoms with Crippen LogP contribution in [0.15, 0.2) is 67.3 Å². The Morgan fingerprint density at radius 3 is 2.45 bits per heavy atom. The van der Waals surface area contributed by atoms with Gasteiger partial charge in [-0.1, -0.05) is 48.0 Å². The summed E-state index contributed by atoms with van der Waals surface area (Å²) in [6.07, 6.45) is 1.99. The summed E-state index contributed by atoms with van der Waals surface area (Å²) in [5.41, 5.74) is 2.60. The molecule has 0 saturated carbocycles. The second kappa shape index (κ2) is 6.99. The number of rotatable bonds is 4. The Hall–Kier alpha value is -1.77. The van der Waals surface area contributed by atoms with Crippen molar-refractivity contribution in [2.75, 3.05) is 31.1 Å². The summed E-state index contributed by atoms with van der Waals surface area (Å²) < 4.78 is 0. The number of hydrogen-bond acceptors (Lipinski definition) is 2. The molecule has 0 amide bonds. The van der Waals surface area contributed by atoms with Crippen molar-refractivity contribution in [1.29, 1.82) is 0 Å². The van der Waals surface area contributed by atoms with E-state index in [1.807, 2.05) is 18.2 Å². The predicted octanol–water partition coefficient (Wildman–Crippen LogP) is 4.39. The number of halogens is 1. The summed E-state index contributed by atoms with van der Waals surface area (Å²) in [6, 6.07) is 19.2. The number of nitrogens with zero attached hydrogens (tertiary/aromatic N) is 2. The van der Waals surface area contributed by atoms with Crippen LogP contribution in [0.4, 0.5) is 5.69 Å². The molecule has 22 heavy (non-hydrogen) atoms. The first-order valence-corrected chi connectivity index (χ1v) is 8.06. The van der Waals surface area contributed by atoms with E-state index in [1.54, 1.807) is 0 Å². The minimum absolute atomic E-state index is 0.365. The van der Waals surface area contributed by atoms with E-state index in [2.05, 4.69) is 58.8 Å². The Kier molecular flexibility index (Phi) is 4.81. The molecule has 0 aliphatic carbocycles. The van der Waals surface area contributed by atoms with E-state index in [9.17, 15) is 0 Å². The first kappa shape index (κ1) is 15.1. The van der Waals surface area contributed by atoms with Crippen molar-refractivity contribution >= 4 is 17.3 Å². The van der Waals surface area contributed by atoms with Crippen LogP contribution in [0.25, 0.3) is 0 Å². The molecule has 114 valence electrons. The van der Waals surface area contributed by atoms with E-state index in [0.717, 1.165) is 31.2 Å². The van der Waals surface area contributed by atoms with Gasteiger partial charge < -0.3 is 4.90 Å². The molecular weight excluding hydrogens is 292 g/mol. The van der Waals surface area contributed by atoms with Gasteiger partial charge in [-0.25, -0.2) is 0 Å². The highest BCUT2D eigenvalue weighted by atomic mass is 35.5. The van der Waals surface area contributed by atoms with Crippen LogP contribution < -0.4 is 4.90 Å². The van der Waals surface area contributed by atoms with E-state index in [4.69, 9.17) is 11.6 Å². The lowest BCUT2D eigenvalue weighted by Crippen LogP contribution is -2.48. The highest BCUT2D eigenvalue weighted by Crippen LogP contribution is 2.29. The highest BCUT2D eigenvalue weighted by Gasteiger charge is 2.27. The highest BCUT2D eigenvalue weighted by molar-refractivity contribution is 6.30. The van der Waals surface area contributed by atoms with Gasteiger partial charge in [0.25, 0.3) is 0 Å². The standard InChI is InChI=1S/C19H21ClN2/c1-2-12-21-13-14-22(18-6-4-3-5-7-18)15-19(21)16-8-10-17(20)11-9-16/h2-11,19H,1,12-15H2. The van der Waals surface area contributed by atoms with Gasteiger partial charge in [0.1, 0.15) is 0 Å². The molecule has 1 aliphatic rings. The van der Waals surface area contributed by atoms with Crippen molar-refractivity contribution in [3.05, 3.63) is 77.8 Å². The first-order valence-electron chi connectivity index (χ1n) is 7.68. The summed E-state index contributed by atoms with van der Waals surface area (Å²) in [7, 11) is 0. The van der Waals surface area contributed by atoms with Crippen LogP contribution in [0, 0.1) is 0 Å². The molecule has 1 saturated heterocycles. The lowest BCUT2D eigenvalue weighted by molar-refractivity contribution is 0.197. The average molecular weight is 313 g/mol. The summed E-state index contributed by atoms with van der Waals surface area (Å²) in [4.78, 5) is 4.94. The van der Waals surface area contributed by atoms with Crippen molar-refractivity contribution in [3.8, 4) is 0 Å². The van der Waals surface area contributed by atoms with Gasteiger partial charge in [0.15, 0.2) is 0 Å². The normalized spacial score (nSPS) is 19.1. The van der Waals surface area contributed by atoms with Crippen molar-refractivity contribution in [1.82, 2.24) is 4.90 Å². The van der Waals surface area contributed by atoms with Crippen molar-refractivity contribution in [3.63, 3.8) is 0 Å². The fourth-order valence-corrected chi connectivity index (χ4v) is 3.21. The van der Waals surface area contributed by atoms with Gasteiger partial charge in [0.2, 0.25) is 0 Å². The van der Waals surface area contributed by atoms with Crippen LogP contribution in [0.2, 0.25) is 5.02 Å². The maximum atomic E-state index is 6.03. The fraction of sp³-hybridized carbons (Fsp3) is 0.263. The molecule has 2 aromatic rings. The molecule has 0 spiro atoms. The van der Waals surface area contributed by atoms with Crippen LogP contribution in [-0.2, 0) is 0 Å². The van der Waals surface area contributed by atoms with E-state index in [0.29, 0.717) is 6.04 Å². The first-order chi connectivity index (χ1) is 10.8. The molecule has 1 atom stereocenters. The summed E-state index contributed by atoms with van der Waals surface area (Å²) >= 11 is 6.03. The van der Waals surface area contributed by atoms with Crippen molar-refractivity contribution in [2.45, 2.75) is 6.04 Å². The van der Waals surface area contributed by atoms with E-state index < -0.39 is 0 Å². The van der Waals surface area contributed by atoms with E-state index in [-0.39, 0.29) is 0 Å². The zero-order valence-corrected chi connectivity index (χ0v) is 13.4. The third-order valence-electron chi connectivity index (χ3n) is 4.23. The molecule has 1 fully saturated rings. The molecule has 1 heterocycles. The number of para-hydroxylation sites is 1. The fourth-order valence-electron chi connectivity index (χ4n) is 3.08. The molecule has 3 rings (SSSR count). The average Bonchev–Trinajstić information content (AvgIpc) is 2.57. The van der Waals surface area contributed by atoms with Crippen LogP contribution >= 0.6 is 11.6 Å². The van der Waals surface area contributed by atoms with E-state index in [1.165, 1.54) is 11.3 Å². The van der Waals surface area contributed by atoms with Crippen LogP contribution in [0.1, 0.15) is 11.6 Å². The molecular formula is C19H21ClN2. The second-order valence-corrected chi connectivity index (χ2v) is 6.07. The van der Waals surface area contributed by atoms with Crippen molar-refractivity contribution in [2.24, 2.45) is 0 Å². The molecule has 2 aromatic carbocycles. The molecule has 0 aromatic heterocycles. The van der Waals surface area contributed by atoms with Gasteiger partial charge in [0, 0.05) is 36.9 Å². The van der Waals surface area contributed by atoms with E-state index >= 15 is 0 Å². The maximum absolute atomic E-state index is 6.03. The Bertz CT molecular complexity index is 609. The Balaban J connectivity index is 1.84. The van der Waals surface area contributed by atoms with Crippen LogP contribution in [0.3, 0.4) is 0 Å². The molecule has 1 unspecified atom stereocenters.